The zero-order chi connectivity index (χ0) is 15.0. The molecule has 1 atom stereocenters. The molecule has 0 fully saturated rings. The number of nitriles is 1. The molecule has 2 aromatic heterocycles. The quantitative estimate of drug-likeness (QED) is 0.682. The highest BCUT2D eigenvalue weighted by Crippen LogP contribution is 2.26. The molecule has 0 saturated carbocycles. The fourth-order valence-corrected chi connectivity index (χ4v) is 2.57. The van der Waals surface area contributed by atoms with Crippen LogP contribution in [-0.2, 0) is 6.54 Å². The predicted octanol–water partition coefficient (Wildman–Crippen LogP) is 4.16. The van der Waals surface area contributed by atoms with Crippen molar-refractivity contribution in [1.82, 2.24) is 9.55 Å². The number of halogens is 1. The number of alkyl halides is 1. The number of fused-ring (bicyclic) bond motifs is 1. The van der Waals surface area contributed by atoms with Crippen LogP contribution in [0.15, 0.2) is 34.7 Å². The normalized spacial score (nSPS) is 12.5. The van der Waals surface area contributed by atoms with Gasteiger partial charge >= 0.3 is 0 Å². The standard InChI is InChI=1S/C16H14ClN3O/c1-10-3-5-13(21-10)9-20-15-7-12(8-18)4-6-14(15)19-16(20)11(2)17/h3-7,11H,9H2,1-2H3. The van der Waals surface area contributed by atoms with Crippen molar-refractivity contribution in [2.75, 3.05) is 0 Å². The summed E-state index contributed by atoms with van der Waals surface area (Å²) in [7, 11) is 0. The van der Waals surface area contributed by atoms with Gasteiger partial charge in [0.25, 0.3) is 0 Å². The smallest absolute Gasteiger partial charge is 0.128 e. The summed E-state index contributed by atoms with van der Waals surface area (Å²) < 4.78 is 7.65. The van der Waals surface area contributed by atoms with Crippen LogP contribution >= 0.6 is 11.6 Å². The monoisotopic (exact) mass is 299 g/mol. The Labute approximate surface area is 127 Å². The summed E-state index contributed by atoms with van der Waals surface area (Å²) >= 11 is 6.25. The summed E-state index contributed by atoms with van der Waals surface area (Å²) in [5.41, 5.74) is 2.33. The minimum Gasteiger partial charge on any atom is -0.464 e. The molecule has 3 aromatic rings. The Morgan fingerprint density at radius 1 is 1.38 bits per heavy atom. The number of imidazole rings is 1. The van der Waals surface area contributed by atoms with E-state index in [9.17, 15) is 0 Å². The summed E-state index contributed by atoms with van der Waals surface area (Å²) in [5, 5.41) is 8.85. The van der Waals surface area contributed by atoms with Crippen molar-refractivity contribution in [2.24, 2.45) is 0 Å². The highest BCUT2D eigenvalue weighted by molar-refractivity contribution is 6.20. The summed E-state index contributed by atoms with van der Waals surface area (Å²) in [5.74, 6) is 2.48. The lowest BCUT2D eigenvalue weighted by molar-refractivity contribution is 0.469. The van der Waals surface area contributed by atoms with E-state index < -0.39 is 0 Å². The first-order valence-corrected chi connectivity index (χ1v) is 7.12. The molecule has 4 nitrogen and oxygen atoms in total. The highest BCUT2D eigenvalue weighted by atomic mass is 35.5. The van der Waals surface area contributed by atoms with Crippen molar-refractivity contribution >= 4 is 22.6 Å². The van der Waals surface area contributed by atoms with Crippen LogP contribution < -0.4 is 0 Å². The predicted molar refractivity (Wildman–Crippen MR) is 81.3 cm³/mol. The molecule has 0 bridgehead atoms. The number of benzene rings is 1. The molecule has 0 spiro atoms. The van der Waals surface area contributed by atoms with Crippen LogP contribution in [0.4, 0.5) is 0 Å². The molecular weight excluding hydrogens is 286 g/mol. The third kappa shape index (κ3) is 2.53. The molecule has 0 aliphatic carbocycles. The van der Waals surface area contributed by atoms with E-state index in [2.05, 4.69) is 11.1 Å². The van der Waals surface area contributed by atoms with Crippen LogP contribution in [0, 0.1) is 18.3 Å². The summed E-state index contributed by atoms with van der Waals surface area (Å²) in [6.45, 7) is 4.35. The molecule has 0 saturated heterocycles. The Morgan fingerprint density at radius 3 is 2.81 bits per heavy atom. The van der Waals surface area contributed by atoms with Gasteiger partial charge in [0.2, 0.25) is 0 Å². The van der Waals surface area contributed by atoms with Gasteiger partial charge in [-0.1, -0.05) is 0 Å². The average molecular weight is 300 g/mol. The summed E-state index contributed by atoms with van der Waals surface area (Å²) in [6.07, 6.45) is 0. The number of hydrogen-bond donors (Lipinski definition) is 0. The van der Waals surface area contributed by atoms with Gasteiger partial charge in [-0.3, -0.25) is 0 Å². The lowest BCUT2D eigenvalue weighted by atomic mass is 10.2. The zero-order valence-corrected chi connectivity index (χ0v) is 12.6. The van der Waals surface area contributed by atoms with Crippen molar-refractivity contribution in [3.63, 3.8) is 0 Å². The molecule has 0 radical (unpaired) electrons. The SMILES string of the molecule is Cc1ccc(Cn2c(C(C)Cl)nc3ccc(C#N)cc32)o1. The zero-order valence-electron chi connectivity index (χ0n) is 11.8. The van der Waals surface area contributed by atoms with Crippen molar-refractivity contribution in [3.8, 4) is 6.07 Å². The van der Waals surface area contributed by atoms with Crippen LogP contribution in [0.3, 0.4) is 0 Å². The van der Waals surface area contributed by atoms with E-state index in [4.69, 9.17) is 21.3 Å². The Kier molecular flexibility index (Phi) is 3.44. The molecule has 0 N–H and O–H groups in total. The largest absolute Gasteiger partial charge is 0.464 e. The van der Waals surface area contributed by atoms with Crippen molar-refractivity contribution in [1.29, 1.82) is 5.26 Å². The van der Waals surface area contributed by atoms with E-state index in [0.29, 0.717) is 12.1 Å². The van der Waals surface area contributed by atoms with Gasteiger partial charge in [-0.25, -0.2) is 4.98 Å². The Morgan fingerprint density at radius 2 is 2.19 bits per heavy atom. The number of aryl methyl sites for hydroxylation is 1. The summed E-state index contributed by atoms with van der Waals surface area (Å²) in [6, 6.07) is 11.5. The van der Waals surface area contributed by atoms with Gasteiger partial charge in [0.15, 0.2) is 0 Å². The minimum absolute atomic E-state index is 0.223. The molecule has 1 aromatic carbocycles. The average Bonchev–Trinajstić information content (AvgIpc) is 3.03. The molecule has 3 rings (SSSR count). The van der Waals surface area contributed by atoms with Crippen LogP contribution in [0.2, 0.25) is 0 Å². The van der Waals surface area contributed by atoms with E-state index in [0.717, 1.165) is 28.4 Å². The molecule has 0 aliphatic heterocycles. The van der Waals surface area contributed by atoms with Gasteiger partial charge < -0.3 is 8.98 Å². The lowest BCUT2D eigenvalue weighted by Gasteiger charge is -2.09. The molecular formula is C16H14ClN3O. The van der Waals surface area contributed by atoms with Crippen molar-refractivity contribution in [2.45, 2.75) is 25.8 Å². The Bertz CT molecular complexity index is 839. The van der Waals surface area contributed by atoms with E-state index in [-0.39, 0.29) is 5.38 Å². The Balaban J connectivity index is 2.17. The van der Waals surface area contributed by atoms with Gasteiger partial charge in [0.05, 0.1) is 34.6 Å². The van der Waals surface area contributed by atoms with Gasteiger partial charge in [-0.15, -0.1) is 11.6 Å². The fraction of sp³-hybridized carbons (Fsp3) is 0.250. The highest BCUT2D eigenvalue weighted by Gasteiger charge is 2.16. The van der Waals surface area contributed by atoms with Crippen LogP contribution in [-0.4, -0.2) is 9.55 Å². The molecule has 106 valence electrons. The molecule has 5 heteroatoms. The Hall–Kier alpha value is -2.25. The number of furan rings is 1. The molecule has 21 heavy (non-hydrogen) atoms. The summed E-state index contributed by atoms with van der Waals surface area (Å²) in [4.78, 5) is 4.57. The maximum Gasteiger partial charge on any atom is 0.128 e. The van der Waals surface area contributed by atoms with Gasteiger partial charge in [0, 0.05) is 0 Å². The maximum absolute atomic E-state index is 9.07. The first kappa shape index (κ1) is 13.7. The molecule has 2 heterocycles. The van der Waals surface area contributed by atoms with Gasteiger partial charge in [0.1, 0.15) is 17.3 Å². The molecule has 0 aliphatic rings. The van der Waals surface area contributed by atoms with Crippen LogP contribution in [0.1, 0.15) is 35.2 Å². The molecule has 1 unspecified atom stereocenters. The van der Waals surface area contributed by atoms with Crippen LogP contribution in [0.5, 0.6) is 0 Å². The topological polar surface area (TPSA) is 54.8 Å². The van der Waals surface area contributed by atoms with E-state index >= 15 is 0 Å². The van der Waals surface area contributed by atoms with Gasteiger partial charge in [-0.05, 0) is 44.2 Å². The van der Waals surface area contributed by atoms with E-state index in [1.54, 1.807) is 6.07 Å². The second kappa shape index (κ2) is 5.27. The third-order valence-corrected chi connectivity index (χ3v) is 3.57. The second-order valence-corrected chi connectivity index (χ2v) is 5.65. The third-order valence-electron chi connectivity index (χ3n) is 3.37. The molecule has 0 amide bonds. The van der Waals surface area contributed by atoms with Gasteiger partial charge in [-0.2, -0.15) is 5.26 Å². The second-order valence-electron chi connectivity index (χ2n) is 5.00. The fourth-order valence-electron chi connectivity index (χ4n) is 2.41. The van der Waals surface area contributed by atoms with Crippen molar-refractivity contribution < 1.29 is 4.42 Å². The maximum atomic E-state index is 9.07. The number of nitrogens with zero attached hydrogens (tertiary/aromatic N) is 3. The lowest BCUT2D eigenvalue weighted by Crippen LogP contribution is -2.05. The first-order valence-electron chi connectivity index (χ1n) is 6.68. The minimum atomic E-state index is -0.223. The number of aromatic nitrogens is 2. The number of hydrogen-bond acceptors (Lipinski definition) is 3. The first-order chi connectivity index (χ1) is 10.1. The van der Waals surface area contributed by atoms with Crippen molar-refractivity contribution in [3.05, 3.63) is 53.2 Å². The van der Waals surface area contributed by atoms with E-state index in [1.165, 1.54) is 0 Å². The van der Waals surface area contributed by atoms with E-state index in [1.807, 2.05) is 42.7 Å². The van der Waals surface area contributed by atoms with Crippen LogP contribution in [0.25, 0.3) is 11.0 Å². The number of rotatable bonds is 3.